The molecule has 0 aliphatic rings. The number of aryl methyl sites for hydroxylation is 2. The molecule has 0 N–H and O–H groups in total. The van der Waals surface area contributed by atoms with E-state index in [2.05, 4.69) is 37.6 Å². The number of hydrogen-bond donors (Lipinski definition) is 0. The Labute approximate surface area is 91.8 Å². The summed E-state index contributed by atoms with van der Waals surface area (Å²) in [5, 5.41) is 0. The molecule has 78 valence electrons. The molecule has 0 aliphatic carbocycles. The molecule has 0 saturated carbocycles. The van der Waals surface area contributed by atoms with Crippen LogP contribution in [0.2, 0.25) is 0 Å². The standard InChI is InChI=1S/C12H19NS/c1-4-6-11-10(3)7-9-13(8-5-2)12(11)14/h7,9H,4-6,8H2,1-3H3. The summed E-state index contributed by atoms with van der Waals surface area (Å²) in [4.78, 5) is 0. The van der Waals surface area contributed by atoms with Crippen LogP contribution in [-0.4, -0.2) is 4.57 Å². The van der Waals surface area contributed by atoms with Crippen molar-refractivity contribution in [3.63, 3.8) is 0 Å². The second kappa shape index (κ2) is 5.30. The number of hydrogen-bond acceptors (Lipinski definition) is 1. The van der Waals surface area contributed by atoms with Gasteiger partial charge >= 0.3 is 0 Å². The van der Waals surface area contributed by atoms with Gasteiger partial charge in [-0.2, -0.15) is 0 Å². The Morgan fingerprint density at radius 2 is 2.00 bits per heavy atom. The fourth-order valence-electron chi connectivity index (χ4n) is 1.68. The third-order valence-corrected chi connectivity index (χ3v) is 2.94. The first-order valence-corrected chi connectivity index (χ1v) is 5.80. The maximum absolute atomic E-state index is 5.47. The van der Waals surface area contributed by atoms with Gasteiger partial charge in [-0.3, -0.25) is 0 Å². The molecule has 0 aromatic carbocycles. The smallest absolute Gasteiger partial charge is 0.109 e. The number of rotatable bonds is 4. The van der Waals surface area contributed by atoms with E-state index in [4.69, 9.17) is 12.2 Å². The van der Waals surface area contributed by atoms with Crippen molar-refractivity contribution in [2.45, 2.75) is 46.6 Å². The van der Waals surface area contributed by atoms with Crippen molar-refractivity contribution in [3.05, 3.63) is 28.0 Å². The lowest BCUT2D eigenvalue weighted by Gasteiger charge is -2.11. The van der Waals surface area contributed by atoms with Crippen molar-refractivity contribution in [1.82, 2.24) is 4.57 Å². The molecule has 0 amide bonds. The van der Waals surface area contributed by atoms with Gasteiger partial charge in [0, 0.05) is 12.7 Å². The van der Waals surface area contributed by atoms with E-state index in [1.165, 1.54) is 17.5 Å². The summed E-state index contributed by atoms with van der Waals surface area (Å²) in [5.41, 5.74) is 2.70. The van der Waals surface area contributed by atoms with Crippen molar-refractivity contribution in [2.24, 2.45) is 0 Å². The fourth-order valence-corrected chi connectivity index (χ4v) is 2.10. The maximum atomic E-state index is 5.47. The highest BCUT2D eigenvalue weighted by molar-refractivity contribution is 7.71. The first kappa shape index (κ1) is 11.4. The molecule has 1 aromatic rings. The van der Waals surface area contributed by atoms with Crippen LogP contribution in [0.1, 0.15) is 37.8 Å². The third kappa shape index (κ3) is 2.44. The van der Waals surface area contributed by atoms with Gasteiger partial charge in [0.2, 0.25) is 0 Å². The van der Waals surface area contributed by atoms with Gasteiger partial charge in [0.25, 0.3) is 0 Å². The molecule has 0 unspecified atom stereocenters. The Kier molecular flexibility index (Phi) is 4.33. The maximum Gasteiger partial charge on any atom is 0.109 e. The minimum absolute atomic E-state index is 1.04. The van der Waals surface area contributed by atoms with E-state index in [9.17, 15) is 0 Å². The van der Waals surface area contributed by atoms with Gasteiger partial charge in [0.15, 0.2) is 0 Å². The van der Waals surface area contributed by atoms with Crippen LogP contribution >= 0.6 is 12.2 Å². The second-order valence-electron chi connectivity index (χ2n) is 3.73. The predicted octanol–water partition coefficient (Wildman–Crippen LogP) is 3.89. The van der Waals surface area contributed by atoms with Crippen LogP contribution in [-0.2, 0) is 13.0 Å². The molecule has 0 aliphatic heterocycles. The zero-order valence-corrected chi connectivity index (χ0v) is 10.2. The minimum Gasteiger partial charge on any atom is -0.339 e. The third-order valence-electron chi connectivity index (χ3n) is 2.46. The summed E-state index contributed by atoms with van der Waals surface area (Å²) in [6.07, 6.45) is 5.53. The van der Waals surface area contributed by atoms with Gasteiger partial charge in [-0.15, -0.1) is 0 Å². The highest BCUT2D eigenvalue weighted by Crippen LogP contribution is 2.12. The van der Waals surface area contributed by atoms with Crippen LogP contribution in [0.15, 0.2) is 12.3 Å². The summed E-state index contributed by atoms with van der Waals surface area (Å²) in [6.45, 7) is 7.57. The highest BCUT2D eigenvalue weighted by Gasteiger charge is 2.02. The first-order chi connectivity index (χ1) is 6.70. The molecule has 2 heteroatoms. The van der Waals surface area contributed by atoms with Crippen LogP contribution in [0.25, 0.3) is 0 Å². The minimum atomic E-state index is 1.04. The molecule has 0 bridgehead atoms. The van der Waals surface area contributed by atoms with E-state index in [1.807, 2.05) is 0 Å². The zero-order valence-electron chi connectivity index (χ0n) is 9.34. The van der Waals surface area contributed by atoms with E-state index in [0.717, 1.165) is 24.0 Å². The molecule has 14 heavy (non-hydrogen) atoms. The van der Waals surface area contributed by atoms with Crippen LogP contribution in [0.3, 0.4) is 0 Å². The van der Waals surface area contributed by atoms with Crippen LogP contribution in [0.4, 0.5) is 0 Å². The monoisotopic (exact) mass is 209 g/mol. The Bertz CT molecular complexity index is 352. The SMILES string of the molecule is CCCc1c(C)ccn(CCC)c1=S. The molecule has 0 spiro atoms. The van der Waals surface area contributed by atoms with Crippen molar-refractivity contribution in [3.8, 4) is 0 Å². The topological polar surface area (TPSA) is 4.93 Å². The first-order valence-electron chi connectivity index (χ1n) is 5.39. The van der Waals surface area contributed by atoms with Crippen molar-refractivity contribution in [1.29, 1.82) is 0 Å². The molecule has 0 fully saturated rings. The van der Waals surface area contributed by atoms with E-state index >= 15 is 0 Å². The van der Waals surface area contributed by atoms with E-state index in [1.54, 1.807) is 0 Å². The van der Waals surface area contributed by atoms with Gasteiger partial charge in [0.05, 0.1) is 0 Å². The van der Waals surface area contributed by atoms with Gasteiger partial charge in [-0.1, -0.05) is 32.5 Å². The van der Waals surface area contributed by atoms with Gasteiger partial charge in [-0.25, -0.2) is 0 Å². The van der Waals surface area contributed by atoms with Gasteiger partial charge in [0.1, 0.15) is 4.64 Å². The van der Waals surface area contributed by atoms with Crippen molar-refractivity contribution >= 4 is 12.2 Å². The summed E-state index contributed by atoms with van der Waals surface area (Å²) >= 11 is 5.47. The van der Waals surface area contributed by atoms with E-state index < -0.39 is 0 Å². The molecule has 1 aromatic heterocycles. The van der Waals surface area contributed by atoms with Crippen LogP contribution < -0.4 is 0 Å². The van der Waals surface area contributed by atoms with E-state index in [0.29, 0.717) is 0 Å². The molecular weight excluding hydrogens is 190 g/mol. The van der Waals surface area contributed by atoms with Gasteiger partial charge in [-0.05, 0) is 37.0 Å². The molecule has 0 atom stereocenters. The average Bonchev–Trinajstić information content (AvgIpc) is 2.17. The summed E-state index contributed by atoms with van der Waals surface area (Å²) in [7, 11) is 0. The average molecular weight is 209 g/mol. The van der Waals surface area contributed by atoms with Gasteiger partial charge < -0.3 is 4.57 Å². The normalized spacial score (nSPS) is 10.5. The quantitative estimate of drug-likeness (QED) is 0.681. The summed E-state index contributed by atoms with van der Waals surface area (Å²) in [6, 6.07) is 2.18. The highest BCUT2D eigenvalue weighted by atomic mass is 32.1. The zero-order chi connectivity index (χ0) is 10.6. The molecule has 1 nitrogen and oxygen atoms in total. The van der Waals surface area contributed by atoms with Crippen molar-refractivity contribution < 1.29 is 0 Å². The predicted molar refractivity (Wildman–Crippen MR) is 64.3 cm³/mol. The largest absolute Gasteiger partial charge is 0.339 e. The molecule has 1 rings (SSSR count). The second-order valence-corrected chi connectivity index (χ2v) is 4.11. The molecule has 0 radical (unpaired) electrons. The Morgan fingerprint density at radius 1 is 1.29 bits per heavy atom. The number of aromatic nitrogens is 1. The van der Waals surface area contributed by atoms with Crippen LogP contribution in [0, 0.1) is 11.6 Å². The Morgan fingerprint density at radius 3 is 2.57 bits per heavy atom. The van der Waals surface area contributed by atoms with Crippen molar-refractivity contribution in [2.75, 3.05) is 0 Å². The summed E-state index contributed by atoms with van der Waals surface area (Å²) < 4.78 is 3.22. The lowest BCUT2D eigenvalue weighted by Crippen LogP contribution is -2.04. The van der Waals surface area contributed by atoms with Crippen LogP contribution in [0.5, 0.6) is 0 Å². The lowest BCUT2D eigenvalue weighted by molar-refractivity contribution is 0.657. The number of nitrogens with zero attached hydrogens (tertiary/aromatic N) is 1. The molecule has 1 heterocycles. The Hall–Kier alpha value is -0.630. The summed E-state index contributed by atoms with van der Waals surface area (Å²) in [5.74, 6) is 0. The molecular formula is C12H19NS. The molecule has 0 saturated heterocycles. The number of pyridine rings is 1. The fraction of sp³-hybridized carbons (Fsp3) is 0.583. The lowest BCUT2D eigenvalue weighted by atomic mass is 10.1. The van der Waals surface area contributed by atoms with E-state index in [-0.39, 0.29) is 0 Å². The Balaban J connectivity index is 3.12.